The normalized spacial score (nSPS) is 28.4. The number of hydrogen-bond acceptors (Lipinski definition) is 4. The van der Waals surface area contributed by atoms with Crippen LogP contribution < -0.4 is 5.73 Å². The van der Waals surface area contributed by atoms with Crippen LogP contribution in [0, 0.1) is 0 Å². The number of likely N-dealkylation sites (N-methyl/N-ethyl adjacent to an activating group) is 1. The molecule has 0 radical (unpaired) electrons. The third-order valence-electron chi connectivity index (χ3n) is 3.94. The van der Waals surface area contributed by atoms with Gasteiger partial charge in [0.1, 0.15) is 0 Å². The summed E-state index contributed by atoms with van der Waals surface area (Å²) in [6.45, 7) is 0.774. The molecule has 0 saturated carbocycles. The van der Waals surface area contributed by atoms with Crippen molar-refractivity contribution in [2.45, 2.75) is 44.2 Å². The van der Waals surface area contributed by atoms with E-state index in [0.717, 1.165) is 25.4 Å². The van der Waals surface area contributed by atoms with Gasteiger partial charge in [-0.2, -0.15) is 0 Å². The lowest BCUT2D eigenvalue weighted by Crippen LogP contribution is -2.33. The molecule has 16 heavy (non-hydrogen) atoms. The van der Waals surface area contributed by atoms with Gasteiger partial charge in [-0.25, -0.2) is 4.98 Å². The third kappa shape index (κ3) is 1.60. The Morgan fingerprint density at radius 2 is 2.38 bits per heavy atom. The SMILES string of the molecule is CN1C2CCC1c1sc(CCCN)nc1C2. The van der Waals surface area contributed by atoms with Crippen LogP contribution in [0.1, 0.15) is 40.9 Å². The fraction of sp³-hybridized carbons (Fsp3) is 0.750. The van der Waals surface area contributed by atoms with Crippen molar-refractivity contribution >= 4 is 11.3 Å². The van der Waals surface area contributed by atoms with Gasteiger partial charge in [-0.1, -0.05) is 0 Å². The summed E-state index contributed by atoms with van der Waals surface area (Å²) in [7, 11) is 2.27. The van der Waals surface area contributed by atoms with Crippen molar-refractivity contribution in [3.8, 4) is 0 Å². The molecule has 0 aromatic carbocycles. The van der Waals surface area contributed by atoms with Gasteiger partial charge in [0.2, 0.25) is 0 Å². The van der Waals surface area contributed by atoms with Crippen LogP contribution in [0.3, 0.4) is 0 Å². The number of hydrogen-bond donors (Lipinski definition) is 1. The second-order valence-electron chi connectivity index (χ2n) is 4.93. The molecule has 1 aromatic heterocycles. The topological polar surface area (TPSA) is 42.1 Å². The predicted molar refractivity (Wildman–Crippen MR) is 66.7 cm³/mol. The number of aromatic nitrogens is 1. The lowest BCUT2D eigenvalue weighted by atomic mass is 10.1. The average Bonchev–Trinajstić information content (AvgIpc) is 2.78. The van der Waals surface area contributed by atoms with E-state index in [-0.39, 0.29) is 0 Å². The Morgan fingerprint density at radius 3 is 3.19 bits per heavy atom. The highest BCUT2D eigenvalue weighted by atomic mass is 32.1. The average molecular weight is 237 g/mol. The zero-order valence-electron chi connectivity index (χ0n) is 9.78. The summed E-state index contributed by atoms with van der Waals surface area (Å²) in [6.07, 6.45) is 5.97. The molecule has 3 nitrogen and oxygen atoms in total. The molecule has 4 heteroatoms. The van der Waals surface area contributed by atoms with Crippen LogP contribution in [0.25, 0.3) is 0 Å². The number of thiazole rings is 1. The Morgan fingerprint density at radius 1 is 1.50 bits per heavy atom. The summed E-state index contributed by atoms with van der Waals surface area (Å²) in [4.78, 5) is 8.89. The molecular weight excluding hydrogens is 218 g/mol. The summed E-state index contributed by atoms with van der Waals surface area (Å²) in [5.41, 5.74) is 6.94. The van der Waals surface area contributed by atoms with Gasteiger partial charge in [-0.05, 0) is 32.9 Å². The summed E-state index contributed by atoms with van der Waals surface area (Å²) in [5, 5.41) is 1.30. The van der Waals surface area contributed by atoms with Crippen LogP contribution in [-0.2, 0) is 12.8 Å². The van der Waals surface area contributed by atoms with E-state index in [1.54, 1.807) is 4.88 Å². The summed E-state index contributed by atoms with van der Waals surface area (Å²) in [5.74, 6) is 0. The molecule has 1 aromatic rings. The molecule has 2 unspecified atom stereocenters. The first-order valence-electron chi connectivity index (χ1n) is 6.20. The molecule has 2 aliphatic rings. The van der Waals surface area contributed by atoms with Crippen LogP contribution >= 0.6 is 11.3 Å². The summed E-state index contributed by atoms with van der Waals surface area (Å²) in [6, 6.07) is 1.42. The Bertz CT molecular complexity index is 388. The standard InChI is InChI=1S/C12H19N3S/c1-15-8-4-5-10(15)12-9(7-8)14-11(16-12)3-2-6-13/h8,10H,2-7,13H2,1H3. The number of fused-ring (bicyclic) bond motifs is 4. The number of nitrogens with two attached hydrogens (primary N) is 1. The van der Waals surface area contributed by atoms with Crippen LogP contribution in [0.5, 0.6) is 0 Å². The highest BCUT2D eigenvalue weighted by Crippen LogP contribution is 2.44. The van der Waals surface area contributed by atoms with Crippen LogP contribution in [0.4, 0.5) is 0 Å². The van der Waals surface area contributed by atoms with E-state index in [9.17, 15) is 0 Å². The van der Waals surface area contributed by atoms with Crippen molar-refractivity contribution in [1.29, 1.82) is 0 Å². The molecule has 2 aliphatic heterocycles. The van der Waals surface area contributed by atoms with Gasteiger partial charge in [0.25, 0.3) is 0 Å². The minimum Gasteiger partial charge on any atom is -0.330 e. The minimum absolute atomic E-state index is 0.665. The van der Waals surface area contributed by atoms with E-state index in [4.69, 9.17) is 10.7 Å². The molecule has 0 spiro atoms. The van der Waals surface area contributed by atoms with E-state index in [0.29, 0.717) is 6.04 Å². The fourth-order valence-electron chi connectivity index (χ4n) is 2.98. The number of nitrogens with zero attached hydrogens (tertiary/aromatic N) is 2. The molecule has 3 heterocycles. The van der Waals surface area contributed by atoms with E-state index in [2.05, 4.69) is 11.9 Å². The van der Waals surface area contributed by atoms with Crippen molar-refractivity contribution in [3.63, 3.8) is 0 Å². The van der Waals surface area contributed by atoms with Gasteiger partial charge >= 0.3 is 0 Å². The van der Waals surface area contributed by atoms with Crippen molar-refractivity contribution in [2.24, 2.45) is 5.73 Å². The molecule has 0 aliphatic carbocycles. The van der Waals surface area contributed by atoms with Crippen molar-refractivity contribution in [1.82, 2.24) is 9.88 Å². The minimum atomic E-state index is 0.665. The molecule has 88 valence electrons. The van der Waals surface area contributed by atoms with E-state index in [1.165, 1.54) is 30.0 Å². The van der Waals surface area contributed by atoms with Crippen molar-refractivity contribution in [2.75, 3.05) is 13.6 Å². The largest absolute Gasteiger partial charge is 0.330 e. The van der Waals surface area contributed by atoms with Gasteiger partial charge in [-0.15, -0.1) is 11.3 Å². The maximum Gasteiger partial charge on any atom is 0.0932 e. The molecular formula is C12H19N3S. The Labute approximate surface area is 101 Å². The summed E-state index contributed by atoms with van der Waals surface area (Å²) < 4.78 is 0. The molecule has 0 amide bonds. The van der Waals surface area contributed by atoms with Crippen molar-refractivity contribution in [3.05, 3.63) is 15.6 Å². The Balaban J connectivity index is 1.85. The lowest BCUT2D eigenvalue weighted by molar-refractivity contribution is 0.226. The van der Waals surface area contributed by atoms with Crippen LogP contribution in [-0.4, -0.2) is 29.5 Å². The molecule has 2 atom stereocenters. The molecule has 1 fully saturated rings. The van der Waals surface area contributed by atoms with Gasteiger partial charge in [0.15, 0.2) is 0 Å². The number of rotatable bonds is 3. The smallest absolute Gasteiger partial charge is 0.0932 e. The second-order valence-corrected chi connectivity index (χ2v) is 6.04. The van der Waals surface area contributed by atoms with Crippen molar-refractivity contribution < 1.29 is 0 Å². The van der Waals surface area contributed by atoms with E-state index >= 15 is 0 Å². The Kier molecular flexibility index (Phi) is 2.73. The fourth-order valence-corrected chi connectivity index (χ4v) is 4.30. The lowest BCUT2D eigenvalue weighted by Gasteiger charge is -2.29. The highest BCUT2D eigenvalue weighted by molar-refractivity contribution is 7.11. The first-order valence-corrected chi connectivity index (χ1v) is 7.01. The highest BCUT2D eigenvalue weighted by Gasteiger charge is 2.39. The monoisotopic (exact) mass is 237 g/mol. The van der Waals surface area contributed by atoms with Gasteiger partial charge in [0.05, 0.1) is 10.7 Å². The zero-order chi connectivity index (χ0) is 11.1. The zero-order valence-corrected chi connectivity index (χ0v) is 10.6. The van der Waals surface area contributed by atoms with Gasteiger partial charge in [-0.3, -0.25) is 4.90 Å². The maximum atomic E-state index is 5.55. The second kappa shape index (κ2) is 4.09. The van der Waals surface area contributed by atoms with Gasteiger partial charge < -0.3 is 5.73 Å². The molecule has 2 N–H and O–H groups in total. The van der Waals surface area contributed by atoms with Crippen LogP contribution in [0.2, 0.25) is 0 Å². The van der Waals surface area contributed by atoms with Crippen LogP contribution in [0.15, 0.2) is 0 Å². The first-order chi connectivity index (χ1) is 7.79. The molecule has 3 rings (SSSR count). The molecule has 2 bridgehead atoms. The first kappa shape index (κ1) is 10.7. The Hall–Kier alpha value is -0.450. The third-order valence-corrected chi connectivity index (χ3v) is 5.20. The summed E-state index contributed by atoms with van der Waals surface area (Å²) >= 11 is 1.93. The number of aryl methyl sites for hydroxylation is 1. The van der Waals surface area contributed by atoms with E-state index in [1.807, 2.05) is 11.3 Å². The van der Waals surface area contributed by atoms with Gasteiger partial charge in [0, 0.05) is 29.8 Å². The maximum absolute atomic E-state index is 5.55. The predicted octanol–water partition coefficient (Wildman–Crippen LogP) is 1.73. The molecule has 1 saturated heterocycles. The van der Waals surface area contributed by atoms with E-state index < -0.39 is 0 Å². The quantitative estimate of drug-likeness (QED) is 0.870.